The lowest BCUT2D eigenvalue weighted by atomic mass is 10.0. The zero-order chi connectivity index (χ0) is 20.4. The van der Waals surface area contributed by atoms with Gasteiger partial charge in [0.25, 0.3) is 11.8 Å². The van der Waals surface area contributed by atoms with Crippen LogP contribution in [0.3, 0.4) is 0 Å². The number of amides is 2. The van der Waals surface area contributed by atoms with E-state index in [9.17, 15) is 9.59 Å². The molecular weight excluding hydrogens is 368 g/mol. The highest BCUT2D eigenvalue weighted by atomic mass is 16.2. The van der Waals surface area contributed by atoms with Crippen LogP contribution in [0.4, 0.5) is 5.69 Å². The van der Waals surface area contributed by atoms with Gasteiger partial charge in [0.15, 0.2) is 5.69 Å². The Morgan fingerprint density at radius 1 is 1.14 bits per heavy atom. The van der Waals surface area contributed by atoms with E-state index in [0.717, 1.165) is 63.1 Å². The van der Waals surface area contributed by atoms with E-state index in [1.165, 1.54) is 0 Å². The number of rotatable bonds is 4. The van der Waals surface area contributed by atoms with E-state index < -0.39 is 0 Å². The fraction of sp³-hybridized carbons (Fsp3) is 0.524. The number of likely N-dealkylation sites (tertiary alicyclic amines) is 1. The summed E-state index contributed by atoms with van der Waals surface area (Å²) in [5.41, 5.74) is 3.02. The van der Waals surface area contributed by atoms with Gasteiger partial charge < -0.3 is 15.5 Å². The average molecular weight is 396 g/mol. The molecule has 0 radical (unpaired) electrons. The summed E-state index contributed by atoms with van der Waals surface area (Å²) >= 11 is 0. The summed E-state index contributed by atoms with van der Waals surface area (Å²) in [7, 11) is 0. The Morgan fingerprint density at radius 2 is 1.86 bits per heavy atom. The van der Waals surface area contributed by atoms with Crippen molar-refractivity contribution in [3.63, 3.8) is 0 Å². The maximum atomic E-state index is 13.0. The van der Waals surface area contributed by atoms with Gasteiger partial charge in [0, 0.05) is 13.1 Å². The van der Waals surface area contributed by atoms with Crippen molar-refractivity contribution in [2.24, 2.45) is 0 Å². The zero-order valence-corrected chi connectivity index (χ0v) is 17.1. The van der Waals surface area contributed by atoms with Gasteiger partial charge in [0.05, 0.1) is 23.0 Å². The molecule has 2 aromatic rings. The first-order chi connectivity index (χ1) is 14.1. The monoisotopic (exact) mass is 396 g/mol. The van der Waals surface area contributed by atoms with E-state index in [2.05, 4.69) is 20.9 Å². The molecule has 1 aromatic carbocycles. The average Bonchev–Trinajstić information content (AvgIpc) is 3.38. The number of benzene rings is 1. The molecule has 2 aliphatic rings. The highest BCUT2D eigenvalue weighted by Crippen LogP contribution is 2.25. The van der Waals surface area contributed by atoms with Gasteiger partial charge in [0.2, 0.25) is 0 Å². The third-order valence-corrected chi connectivity index (χ3v) is 5.93. The Hall–Kier alpha value is -2.74. The van der Waals surface area contributed by atoms with E-state index in [0.29, 0.717) is 16.9 Å². The molecule has 0 saturated carbocycles. The minimum atomic E-state index is -0.330. The largest absolute Gasteiger partial charge is 0.339 e. The number of nitrogens with zero attached hydrogens (tertiary/aromatic N) is 4. The molecule has 2 saturated heterocycles. The van der Waals surface area contributed by atoms with Crippen LogP contribution < -0.4 is 10.6 Å². The molecule has 0 aliphatic carbocycles. The second-order valence-electron chi connectivity index (χ2n) is 7.90. The Kier molecular flexibility index (Phi) is 5.62. The first kappa shape index (κ1) is 19.6. The summed E-state index contributed by atoms with van der Waals surface area (Å²) in [5.74, 6) is -0.352. The molecule has 0 bridgehead atoms. The predicted octanol–water partition coefficient (Wildman–Crippen LogP) is 2.31. The molecule has 2 fully saturated rings. The molecular formula is C21H28N6O2. The minimum Gasteiger partial charge on any atom is -0.339 e. The smallest absolute Gasteiger partial charge is 0.278 e. The van der Waals surface area contributed by atoms with Crippen molar-refractivity contribution in [1.29, 1.82) is 0 Å². The van der Waals surface area contributed by atoms with Crippen LogP contribution in [-0.4, -0.2) is 57.9 Å². The molecule has 154 valence electrons. The molecule has 1 aromatic heterocycles. The Balaban J connectivity index is 1.57. The van der Waals surface area contributed by atoms with E-state index >= 15 is 0 Å². The normalized spacial score (nSPS) is 17.5. The number of hydrogen-bond acceptors (Lipinski definition) is 5. The third kappa shape index (κ3) is 3.89. The fourth-order valence-corrected chi connectivity index (χ4v) is 4.26. The molecule has 0 atom stereocenters. The molecule has 29 heavy (non-hydrogen) atoms. The molecule has 2 aliphatic heterocycles. The molecule has 2 amide bonds. The van der Waals surface area contributed by atoms with Crippen molar-refractivity contribution >= 4 is 17.5 Å². The highest BCUT2D eigenvalue weighted by molar-refractivity contribution is 6.09. The summed E-state index contributed by atoms with van der Waals surface area (Å²) in [6.45, 7) is 7.20. The van der Waals surface area contributed by atoms with Crippen molar-refractivity contribution in [2.75, 3.05) is 31.5 Å². The molecule has 2 N–H and O–H groups in total. The first-order valence-electron chi connectivity index (χ1n) is 10.4. The van der Waals surface area contributed by atoms with Crippen molar-refractivity contribution in [3.05, 3.63) is 40.7 Å². The number of nitrogens with one attached hydrogen (secondary N) is 2. The van der Waals surface area contributed by atoms with Gasteiger partial charge in [-0.15, -0.1) is 5.10 Å². The molecule has 0 spiro atoms. The van der Waals surface area contributed by atoms with E-state index in [1.807, 2.05) is 35.6 Å². The quantitative estimate of drug-likeness (QED) is 0.827. The molecule has 4 rings (SSSR count). The van der Waals surface area contributed by atoms with Crippen LogP contribution in [0.1, 0.15) is 63.8 Å². The number of aryl methyl sites for hydroxylation is 1. The van der Waals surface area contributed by atoms with E-state index in [-0.39, 0.29) is 17.9 Å². The maximum Gasteiger partial charge on any atom is 0.278 e. The summed E-state index contributed by atoms with van der Waals surface area (Å²) in [4.78, 5) is 27.9. The third-order valence-electron chi connectivity index (χ3n) is 5.93. The molecule has 3 heterocycles. The van der Waals surface area contributed by atoms with E-state index in [1.54, 1.807) is 6.07 Å². The second-order valence-corrected chi connectivity index (χ2v) is 7.90. The van der Waals surface area contributed by atoms with Gasteiger partial charge in [-0.3, -0.25) is 9.59 Å². The minimum absolute atomic E-state index is 0.0222. The summed E-state index contributed by atoms with van der Waals surface area (Å²) in [5, 5.41) is 14.6. The highest BCUT2D eigenvalue weighted by Gasteiger charge is 2.26. The van der Waals surface area contributed by atoms with Crippen LogP contribution in [0.25, 0.3) is 0 Å². The van der Waals surface area contributed by atoms with Gasteiger partial charge in [-0.1, -0.05) is 17.3 Å². The summed E-state index contributed by atoms with van der Waals surface area (Å²) in [6.07, 6.45) is 3.99. The zero-order valence-electron chi connectivity index (χ0n) is 17.1. The Bertz CT molecular complexity index is 910. The predicted molar refractivity (Wildman–Crippen MR) is 110 cm³/mol. The number of piperidine rings is 1. The fourth-order valence-electron chi connectivity index (χ4n) is 4.26. The van der Waals surface area contributed by atoms with Crippen LogP contribution in [0, 0.1) is 13.8 Å². The van der Waals surface area contributed by atoms with Gasteiger partial charge in [-0.05, 0) is 64.3 Å². The number of hydrogen-bond donors (Lipinski definition) is 2. The lowest BCUT2D eigenvalue weighted by molar-refractivity contribution is 0.0793. The lowest BCUT2D eigenvalue weighted by Gasteiger charge is -2.23. The number of carbonyl (C=O) groups excluding carboxylic acids is 2. The van der Waals surface area contributed by atoms with Crippen molar-refractivity contribution in [1.82, 2.24) is 25.2 Å². The van der Waals surface area contributed by atoms with Gasteiger partial charge in [-0.2, -0.15) is 0 Å². The van der Waals surface area contributed by atoms with Crippen LogP contribution in [0.15, 0.2) is 18.2 Å². The molecule has 8 nitrogen and oxygen atoms in total. The maximum absolute atomic E-state index is 13.0. The number of carbonyl (C=O) groups is 2. The van der Waals surface area contributed by atoms with Gasteiger partial charge >= 0.3 is 0 Å². The van der Waals surface area contributed by atoms with Crippen LogP contribution in [0.2, 0.25) is 0 Å². The van der Waals surface area contributed by atoms with Crippen molar-refractivity contribution in [3.8, 4) is 0 Å². The first-order valence-corrected chi connectivity index (χ1v) is 10.4. The standard InChI is InChI=1S/C21H28N6O2/c1-14-6-5-7-17(18(14)21(29)26-12-3-4-13-26)23-20(28)19-15(2)27(25-24-19)16-8-10-22-11-9-16/h5-7,16,22H,3-4,8-13H2,1-2H3,(H,23,28). The van der Waals surface area contributed by atoms with Crippen molar-refractivity contribution in [2.45, 2.75) is 45.6 Å². The summed E-state index contributed by atoms with van der Waals surface area (Å²) < 4.78 is 1.86. The Labute approximate surface area is 170 Å². The van der Waals surface area contributed by atoms with Crippen molar-refractivity contribution < 1.29 is 9.59 Å². The lowest BCUT2D eigenvalue weighted by Crippen LogP contribution is -2.30. The van der Waals surface area contributed by atoms with Gasteiger partial charge in [0.1, 0.15) is 0 Å². The topological polar surface area (TPSA) is 92.1 Å². The van der Waals surface area contributed by atoms with Crippen LogP contribution >= 0.6 is 0 Å². The van der Waals surface area contributed by atoms with Crippen LogP contribution in [-0.2, 0) is 0 Å². The second kappa shape index (κ2) is 8.32. The molecule has 8 heteroatoms. The Morgan fingerprint density at radius 3 is 2.59 bits per heavy atom. The van der Waals surface area contributed by atoms with Crippen LogP contribution in [0.5, 0.6) is 0 Å². The van der Waals surface area contributed by atoms with E-state index in [4.69, 9.17) is 0 Å². The summed E-state index contributed by atoms with van der Waals surface area (Å²) in [6, 6.07) is 5.79. The number of aromatic nitrogens is 3. The van der Waals surface area contributed by atoms with Gasteiger partial charge in [-0.25, -0.2) is 4.68 Å². The SMILES string of the molecule is Cc1cccc(NC(=O)c2nnn(C3CCNCC3)c2C)c1C(=O)N1CCCC1. The number of anilines is 1. The molecule has 0 unspecified atom stereocenters.